The Hall–Kier alpha value is -2.45. The van der Waals surface area contributed by atoms with Crippen LogP contribution < -0.4 is 4.74 Å². The minimum Gasteiger partial charge on any atom is -0.467 e. The van der Waals surface area contributed by atoms with Crippen LogP contribution in [0.15, 0.2) is 41.3 Å². The number of benzene rings is 2. The topological polar surface area (TPSA) is 76.6 Å². The van der Waals surface area contributed by atoms with E-state index in [-0.39, 0.29) is 16.9 Å². The van der Waals surface area contributed by atoms with E-state index < -0.39 is 15.1 Å². The van der Waals surface area contributed by atoms with Crippen molar-refractivity contribution in [3.05, 3.63) is 53.1 Å². The molecule has 1 aliphatic rings. The lowest BCUT2D eigenvalue weighted by molar-refractivity contribution is 0.0595. The molecule has 0 bridgehead atoms. The Morgan fingerprint density at radius 3 is 2.47 bits per heavy atom. The predicted molar refractivity (Wildman–Crippen MR) is 127 cm³/mol. The fourth-order valence-electron chi connectivity index (χ4n) is 3.87. The Balaban J connectivity index is 1.41. The van der Waals surface area contributed by atoms with Gasteiger partial charge in [0.2, 0.25) is 0 Å². The van der Waals surface area contributed by atoms with Crippen molar-refractivity contribution in [3.63, 3.8) is 0 Å². The lowest BCUT2D eigenvalue weighted by Gasteiger charge is -2.31. The first-order valence-corrected chi connectivity index (χ1v) is 13.2. The summed E-state index contributed by atoms with van der Waals surface area (Å²) in [6, 6.07) is 10.5. The molecule has 4 rings (SSSR count). The normalized spacial score (nSPS) is 15.5. The van der Waals surface area contributed by atoms with E-state index in [2.05, 4.69) is 31.0 Å². The molecule has 2 heterocycles. The maximum Gasteiger partial charge on any atom is 0.274 e. The molecule has 32 heavy (non-hydrogen) atoms. The van der Waals surface area contributed by atoms with E-state index in [0.717, 1.165) is 15.8 Å². The molecular formula is C24H28N2O4S2. The van der Waals surface area contributed by atoms with Gasteiger partial charge in [-0.25, -0.2) is 13.4 Å². The highest BCUT2D eigenvalue weighted by atomic mass is 32.2. The van der Waals surface area contributed by atoms with Crippen LogP contribution in [0.1, 0.15) is 48.2 Å². The number of thiazole rings is 1. The smallest absolute Gasteiger partial charge is 0.274 e. The summed E-state index contributed by atoms with van der Waals surface area (Å²) in [7, 11) is -3.42. The molecule has 6 nitrogen and oxygen atoms in total. The second-order valence-corrected chi connectivity index (χ2v) is 12.1. The number of piperidine rings is 1. The van der Waals surface area contributed by atoms with Crippen LogP contribution in [0.2, 0.25) is 0 Å². The van der Waals surface area contributed by atoms with E-state index >= 15 is 0 Å². The van der Waals surface area contributed by atoms with Crippen molar-refractivity contribution in [2.24, 2.45) is 0 Å². The zero-order valence-corrected chi connectivity index (χ0v) is 20.4. The Morgan fingerprint density at radius 2 is 1.81 bits per heavy atom. The van der Waals surface area contributed by atoms with Gasteiger partial charge in [-0.05, 0) is 57.0 Å². The number of rotatable bonds is 5. The molecule has 3 aromatic rings. The number of aromatic nitrogens is 1. The molecule has 1 amide bonds. The van der Waals surface area contributed by atoms with Crippen molar-refractivity contribution in [1.29, 1.82) is 0 Å². The monoisotopic (exact) mass is 472 g/mol. The number of carbonyl (C=O) groups is 1. The largest absolute Gasteiger partial charge is 0.467 e. The van der Waals surface area contributed by atoms with E-state index in [1.165, 1.54) is 11.6 Å². The molecule has 0 saturated carbocycles. The first kappa shape index (κ1) is 22.7. The van der Waals surface area contributed by atoms with Gasteiger partial charge in [-0.3, -0.25) is 4.79 Å². The maximum atomic E-state index is 13.0. The average Bonchev–Trinajstić information content (AvgIpc) is 3.21. The molecule has 1 aromatic heterocycles. The van der Waals surface area contributed by atoms with Crippen LogP contribution in [0.3, 0.4) is 0 Å². The van der Waals surface area contributed by atoms with Gasteiger partial charge in [0.15, 0.2) is 9.84 Å². The summed E-state index contributed by atoms with van der Waals surface area (Å²) in [6.45, 7) is 8.54. The van der Waals surface area contributed by atoms with Gasteiger partial charge in [0.05, 0.1) is 20.4 Å². The number of aryl methyl sites for hydroxylation is 2. The zero-order valence-electron chi connectivity index (χ0n) is 18.8. The first-order valence-electron chi connectivity index (χ1n) is 10.8. The lowest BCUT2D eigenvalue weighted by Crippen LogP contribution is -2.41. The molecule has 0 unspecified atom stereocenters. The second kappa shape index (κ2) is 8.83. The Morgan fingerprint density at radius 1 is 1.12 bits per heavy atom. The molecule has 0 spiro atoms. The number of sulfone groups is 1. The fourth-order valence-corrected chi connectivity index (χ4v) is 6.00. The molecular weight excluding hydrogens is 444 g/mol. The highest BCUT2D eigenvalue weighted by Crippen LogP contribution is 2.33. The van der Waals surface area contributed by atoms with E-state index in [1.54, 1.807) is 48.3 Å². The van der Waals surface area contributed by atoms with Crippen LogP contribution >= 0.6 is 11.3 Å². The SMILES string of the molecule is Cc1ccc(C)c2sc(OC3CCN(C(=O)c4cccc(S(=O)(=O)C(C)C)c4)CC3)nc12. The summed E-state index contributed by atoms with van der Waals surface area (Å²) >= 11 is 1.57. The molecule has 1 saturated heterocycles. The molecule has 1 fully saturated rings. The molecule has 8 heteroatoms. The summed E-state index contributed by atoms with van der Waals surface area (Å²) in [5.74, 6) is -0.143. The first-order chi connectivity index (χ1) is 15.2. The molecule has 1 aliphatic heterocycles. The van der Waals surface area contributed by atoms with Crippen LogP contribution in [0.4, 0.5) is 0 Å². The number of hydrogen-bond acceptors (Lipinski definition) is 6. The highest BCUT2D eigenvalue weighted by Gasteiger charge is 2.27. The van der Waals surface area contributed by atoms with E-state index in [4.69, 9.17) is 4.74 Å². The van der Waals surface area contributed by atoms with Crippen molar-refractivity contribution in [2.45, 2.75) is 56.8 Å². The van der Waals surface area contributed by atoms with E-state index in [1.807, 2.05) is 0 Å². The molecule has 0 radical (unpaired) electrons. The quantitative estimate of drug-likeness (QED) is 0.534. The van der Waals surface area contributed by atoms with Crippen LogP contribution in [-0.2, 0) is 9.84 Å². The summed E-state index contributed by atoms with van der Waals surface area (Å²) in [5, 5.41) is 0.143. The van der Waals surface area contributed by atoms with Gasteiger partial charge in [0.25, 0.3) is 11.1 Å². The molecule has 170 valence electrons. The minimum absolute atomic E-state index is 0.00729. The highest BCUT2D eigenvalue weighted by molar-refractivity contribution is 7.92. The van der Waals surface area contributed by atoms with Crippen molar-refractivity contribution >= 4 is 37.3 Å². The van der Waals surface area contributed by atoms with Gasteiger partial charge in [0, 0.05) is 31.5 Å². The summed E-state index contributed by atoms with van der Waals surface area (Å²) in [6.07, 6.45) is 1.43. The summed E-state index contributed by atoms with van der Waals surface area (Å²) < 4.78 is 32.2. The molecule has 0 atom stereocenters. The third kappa shape index (κ3) is 4.38. The van der Waals surface area contributed by atoms with Gasteiger partial charge >= 0.3 is 0 Å². The van der Waals surface area contributed by atoms with Crippen molar-refractivity contribution in [3.8, 4) is 5.19 Å². The number of likely N-dealkylation sites (tertiary alicyclic amines) is 1. The third-order valence-electron chi connectivity index (χ3n) is 5.95. The minimum atomic E-state index is -3.42. The molecule has 2 aromatic carbocycles. The van der Waals surface area contributed by atoms with E-state index in [9.17, 15) is 13.2 Å². The standard InChI is InChI=1S/C24H28N2O4S2/c1-15(2)32(28,29)20-7-5-6-18(14-20)23(27)26-12-10-19(11-13-26)30-24-25-21-16(3)8-9-17(4)22(21)31-24/h5-9,14-15,19H,10-13H2,1-4H3. The number of hydrogen-bond donors (Lipinski definition) is 0. The van der Waals surface area contributed by atoms with Gasteiger partial charge in [-0.15, -0.1) is 0 Å². The Labute approximate surface area is 193 Å². The predicted octanol–water partition coefficient (Wildman–Crippen LogP) is 4.78. The average molecular weight is 473 g/mol. The number of amides is 1. The van der Waals surface area contributed by atoms with Crippen LogP contribution in [0.25, 0.3) is 10.2 Å². The van der Waals surface area contributed by atoms with E-state index in [0.29, 0.717) is 36.7 Å². The van der Waals surface area contributed by atoms with Crippen molar-refractivity contribution in [2.75, 3.05) is 13.1 Å². The number of ether oxygens (including phenoxy) is 1. The van der Waals surface area contributed by atoms with Crippen LogP contribution in [0.5, 0.6) is 5.19 Å². The number of fused-ring (bicyclic) bond motifs is 1. The van der Waals surface area contributed by atoms with Crippen molar-refractivity contribution in [1.82, 2.24) is 9.88 Å². The lowest BCUT2D eigenvalue weighted by atomic mass is 10.1. The summed E-state index contributed by atoms with van der Waals surface area (Å²) in [5.41, 5.74) is 3.73. The van der Waals surface area contributed by atoms with Crippen LogP contribution in [0, 0.1) is 13.8 Å². The molecule has 0 aliphatic carbocycles. The van der Waals surface area contributed by atoms with Crippen molar-refractivity contribution < 1.29 is 17.9 Å². The second-order valence-electron chi connectivity index (χ2n) is 8.59. The Kier molecular flexibility index (Phi) is 6.27. The third-order valence-corrected chi connectivity index (χ3v) is 9.18. The van der Waals surface area contributed by atoms with Gasteiger partial charge in [-0.1, -0.05) is 29.5 Å². The fraction of sp³-hybridized carbons (Fsp3) is 0.417. The van der Waals surface area contributed by atoms with Gasteiger partial charge in [0.1, 0.15) is 6.10 Å². The van der Waals surface area contributed by atoms with Gasteiger partial charge in [-0.2, -0.15) is 0 Å². The molecule has 0 N–H and O–H groups in total. The Bertz CT molecular complexity index is 1220. The van der Waals surface area contributed by atoms with Crippen LogP contribution in [-0.4, -0.2) is 48.7 Å². The number of carbonyl (C=O) groups excluding carboxylic acids is 1. The van der Waals surface area contributed by atoms with Gasteiger partial charge < -0.3 is 9.64 Å². The number of nitrogens with zero attached hydrogens (tertiary/aromatic N) is 2. The maximum absolute atomic E-state index is 13.0. The zero-order chi connectivity index (χ0) is 23.0. The summed E-state index contributed by atoms with van der Waals surface area (Å²) in [4.78, 5) is 19.6.